The van der Waals surface area contributed by atoms with E-state index in [1.807, 2.05) is 0 Å². The van der Waals surface area contributed by atoms with Crippen molar-refractivity contribution in [2.24, 2.45) is 5.92 Å². The number of carbonyl (C=O) groups excluding carboxylic acids is 3. The average Bonchev–Trinajstić information content (AvgIpc) is 3.08. The Bertz CT molecular complexity index is 895. The Hall–Kier alpha value is -3.17. The molecule has 10 heteroatoms. The predicted molar refractivity (Wildman–Crippen MR) is 117 cm³/mol. The van der Waals surface area contributed by atoms with Crippen LogP contribution in [0.2, 0.25) is 0 Å². The highest BCUT2D eigenvalue weighted by Crippen LogP contribution is 2.31. The molecule has 2 rings (SSSR count). The summed E-state index contributed by atoms with van der Waals surface area (Å²) in [6, 6.07) is 0.380. The first-order valence-corrected chi connectivity index (χ1v) is 10.5. The maximum atomic E-state index is 13.4. The van der Waals surface area contributed by atoms with Crippen LogP contribution in [0.1, 0.15) is 47.1 Å². The summed E-state index contributed by atoms with van der Waals surface area (Å²) in [6.45, 7) is 10.2. The molecule has 2 heterocycles. The van der Waals surface area contributed by atoms with E-state index in [0.29, 0.717) is 5.56 Å². The van der Waals surface area contributed by atoms with Gasteiger partial charge in [0.25, 0.3) is 5.91 Å². The summed E-state index contributed by atoms with van der Waals surface area (Å²) in [5.41, 5.74) is -0.0694. The number of nitrogens with zero attached hydrogens (tertiary/aromatic N) is 3. The molecule has 0 fully saturated rings. The number of likely N-dealkylation sites (N-methyl/N-ethyl adjacent to an activating group) is 1. The number of hydrogen-bond donors (Lipinski definition) is 2. The number of hydrogen-bond acceptors (Lipinski definition) is 6. The van der Waals surface area contributed by atoms with Crippen LogP contribution in [-0.2, 0) is 25.5 Å². The molecule has 0 saturated heterocycles. The summed E-state index contributed by atoms with van der Waals surface area (Å²) >= 11 is 0. The monoisotopic (exact) mass is 448 g/mol. The van der Waals surface area contributed by atoms with Crippen molar-refractivity contribution in [3.63, 3.8) is 0 Å². The third-order valence-corrected chi connectivity index (χ3v) is 5.22. The third kappa shape index (κ3) is 5.54. The van der Waals surface area contributed by atoms with E-state index in [9.17, 15) is 24.3 Å². The maximum Gasteiger partial charge on any atom is 0.410 e. The minimum absolute atomic E-state index is 0.140. The standard InChI is InChI=1S/C22H32N4O6/c1-12(2)16(24-18(27)13(3)25(7)21(31)32-22(4,5)6)19(28)26-15(20(29)30)11-14-9-8-10-23-17(14)26/h8-10,12-13,15-16H,11H2,1-7H3,(H,24,27)(H,29,30)/t13-,15-,16-/m0/s1. The number of ether oxygens (including phenoxy) is 1. The highest BCUT2D eigenvalue weighted by molar-refractivity contribution is 6.05. The van der Waals surface area contributed by atoms with Gasteiger partial charge in [0, 0.05) is 19.7 Å². The molecule has 0 spiro atoms. The van der Waals surface area contributed by atoms with E-state index < -0.39 is 47.6 Å². The second-order valence-corrected chi connectivity index (χ2v) is 9.25. The lowest BCUT2D eigenvalue weighted by Crippen LogP contribution is -2.58. The van der Waals surface area contributed by atoms with Gasteiger partial charge in [0.05, 0.1) is 0 Å². The molecule has 0 aromatic carbocycles. The van der Waals surface area contributed by atoms with Gasteiger partial charge in [0.2, 0.25) is 5.91 Å². The van der Waals surface area contributed by atoms with Crippen molar-refractivity contribution >= 4 is 29.7 Å². The van der Waals surface area contributed by atoms with E-state index in [0.717, 1.165) is 9.80 Å². The normalized spacial score (nSPS) is 17.4. The van der Waals surface area contributed by atoms with Crippen molar-refractivity contribution in [3.8, 4) is 0 Å². The molecular formula is C22H32N4O6. The molecule has 1 aliphatic rings. The van der Waals surface area contributed by atoms with Gasteiger partial charge in [-0.1, -0.05) is 19.9 Å². The van der Waals surface area contributed by atoms with Crippen molar-refractivity contribution in [3.05, 3.63) is 23.9 Å². The molecule has 0 aliphatic carbocycles. The van der Waals surface area contributed by atoms with Gasteiger partial charge in [-0.15, -0.1) is 0 Å². The fraction of sp³-hybridized carbons (Fsp3) is 0.591. The van der Waals surface area contributed by atoms with E-state index >= 15 is 0 Å². The Morgan fingerprint density at radius 1 is 1.25 bits per heavy atom. The summed E-state index contributed by atoms with van der Waals surface area (Å²) in [4.78, 5) is 56.9. The van der Waals surface area contributed by atoms with Crippen molar-refractivity contribution in [2.45, 2.75) is 71.7 Å². The smallest absolute Gasteiger partial charge is 0.410 e. The molecule has 176 valence electrons. The number of aliphatic carboxylic acids is 1. The number of fused-ring (bicyclic) bond motifs is 1. The van der Waals surface area contributed by atoms with Crippen LogP contribution in [0.3, 0.4) is 0 Å². The summed E-state index contributed by atoms with van der Waals surface area (Å²) in [5.74, 6) is -2.33. The Morgan fingerprint density at radius 3 is 2.41 bits per heavy atom. The molecule has 1 aliphatic heterocycles. The maximum absolute atomic E-state index is 13.4. The van der Waals surface area contributed by atoms with Crippen molar-refractivity contribution in [1.82, 2.24) is 15.2 Å². The van der Waals surface area contributed by atoms with Crippen molar-refractivity contribution in [2.75, 3.05) is 11.9 Å². The zero-order valence-corrected chi connectivity index (χ0v) is 19.6. The SMILES string of the molecule is CC(C)[C@H](NC(=O)[C@H](C)N(C)C(=O)OC(C)(C)C)C(=O)N1c2ncccc2C[C@H]1C(=O)O. The Morgan fingerprint density at radius 2 is 1.88 bits per heavy atom. The van der Waals surface area contributed by atoms with Crippen LogP contribution in [0.15, 0.2) is 18.3 Å². The van der Waals surface area contributed by atoms with Gasteiger partial charge >= 0.3 is 12.1 Å². The Kier molecular flexibility index (Phi) is 7.48. The van der Waals surface area contributed by atoms with Crippen LogP contribution in [0.25, 0.3) is 0 Å². The quantitative estimate of drug-likeness (QED) is 0.679. The van der Waals surface area contributed by atoms with E-state index in [-0.39, 0.29) is 18.2 Å². The van der Waals surface area contributed by atoms with Gasteiger partial charge in [-0.05, 0) is 45.2 Å². The number of carbonyl (C=O) groups is 4. The minimum atomic E-state index is -1.15. The summed E-state index contributed by atoms with van der Waals surface area (Å²) < 4.78 is 5.29. The molecule has 10 nitrogen and oxygen atoms in total. The van der Waals surface area contributed by atoms with Crippen molar-refractivity contribution < 1.29 is 29.0 Å². The van der Waals surface area contributed by atoms with E-state index in [1.54, 1.807) is 46.8 Å². The summed E-state index contributed by atoms with van der Waals surface area (Å²) in [7, 11) is 1.44. The number of aromatic nitrogens is 1. The van der Waals surface area contributed by atoms with Gasteiger partial charge in [-0.3, -0.25) is 19.4 Å². The van der Waals surface area contributed by atoms with Gasteiger partial charge < -0.3 is 15.2 Å². The number of pyridine rings is 1. The van der Waals surface area contributed by atoms with Crippen LogP contribution in [0, 0.1) is 5.92 Å². The number of carboxylic acid groups (broad SMARTS) is 1. The lowest BCUT2D eigenvalue weighted by molar-refractivity contribution is -0.140. The largest absolute Gasteiger partial charge is 0.480 e. The second-order valence-electron chi connectivity index (χ2n) is 9.25. The third-order valence-electron chi connectivity index (χ3n) is 5.22. The molecule has 2 N–H and O–H groups in total. The van der Waals surface area contributed by atoms with Gasteiger partial charge in [-0.2, -0.15) is 0 Å². The summed E-state index contributed by atoms with van der Waals surface area (Å²) in [5, 5.41) is 12.3. The topological polar surface area (TPSA) is 129 Å². The first-order chi connectivity index (χ1) is 14.7. The lowest BCUT2D eigenvalue weighted by Gasteiger charge is -2.32. The highest BCUT2D eigenvalue weighted by Gasteiger charge is 2.43. The Balaban J connectivity index is 2.22. The number of carboxylic acids is 1. The average molecular weight is 449 g/mol. The van der Waals surface area contributed by atoms with Crippen LogP contribution in [-0.4, -0.2) is 69.6 Å². The molecule has 0 unspecified atom stereocenters. The first kappa shape index (κ1) is 25.1. The molecule has 0 bridgehead atoms. The van der Waals surface area contributed by atoms with Gasteiger partial charge in [0.1, 0.15) is 29.5 Å². The van der Waals surface area contributed by atoms with Crippen LogP contribution >= 0.6 is 0 Å². The number of amides is 3. The molecular weight excluding hydrogens is 416 g/mol. The minimum Gasteiger partial charge on any atom is -0.480 e. The Labute approximate surface area is 187 Å². The molecule has 0 saturated carbocycles. The first-order valence-electron chi connectivity index (χ1n) is 10.5. The molecule has 3 amide bonds. The number of rotatable bonds is 6. The fourth-order valence-corrected chi connectivity index (χ4v) is 3.31. The molecule has 32 heavy (non-hydrogen) atoms. The van der Waals surface area contributed by atoms with Crippen LogP contribution < -0.4 is 10.2 Å². The number of anilines is 1. The lowest BCUT2D eigenvalue weighted by atomic mass is 10.0. The molecule has 0 radical (unpaired) electrons. The van der Waals surface area contributed by atoms with Crippen LogP contribution in [0.4, 0.5) is 10.6 Å². The zero-order chi connectivity index (χ0) is 24.4. The van der Waals surface area contributed by atoms with Gasteiger partial charge in [0.15, 0.2) is 0 Å². The van der Waals surface area contributed by atoms with E-state index in [2.05, 4.69) is 10.3 Å². The highest BCUT2D eigenvalue weighted by atomic mass is 16.6. The fourth-order valence-electron chi connectivity index (χ4n) is 3.31. The number of nitrogens with one attached hydrogen (secondary N) is 1. The molecule has 1 aromatic rings. The zero-order valence-electron chi connectivity index (χ0n) is 19.6. The predicted octanol–water partition coefficient (Wildman–Crippen LogP) is 1.82. The molecule has 3 atom stereocenters. The van der Waals surface area contributed by atoms with E-state index in [1.165, 1.54) is 20.2 Å². The van der Waals surface area contributed by atoms with Crippen LogP contribution in [0.5, 0.6) is 0 Å². The second kappa shape index (κ2) is 9.54. The van der Waals surface area contributed by atoms with E-state index in [4.69, 9.17) is 4.74 Å². The van der Waals surface area contributed by atoms with Crippen molar-refractivity contribution in [1.29, 1.82) is 0 Å². The van der Waals surface area contributed by atoms with Gasteiger partial charge in [-0.25, -0.2) is 14.6 Å². The molecule has 1 aromatic heterocycles. The summed E-state index contributed by atoms with van der Waals surface area (Å²) in [6.07, 6.45) is 0.960.